The molecule has 2 heterocycles. The molecule has 0 spiro atoms. The Morgan fingerprint density at radius 2 is 1.60 bits per heavy atom. The first-order valence-corrected chi connectivity index (χ1v) is 10.3. The quantitative estimate of drug-likeness (QED) is 0.437. The molecule has 0 bridgehead atoms. The minimum atomic E-state index is -0.861. The topological polar surface area (TPSA) is 60.5 Å². The number of carbonyl (C=O) groups excluding carboxylic acids is 1. The summed E-state index contributed by atoms with van der Waals surface area (Å²) in [6, 6.07) is 24.6. The second-order valence-electron chi connectivity index (χ2n) is 6.95. The van der Waals surface area contributed by atoms with Crippen molar-refractivity contribution in [2.75, 3.05) is 5.32 Å². The predicted octanol–water partition coefficient (Wildman–Crippen LogP) is 5.52. The Kier molecular flexibility index (Phi) is 4.85. The lowest BCUT2D eigenvalue weighted by molar-refractivity contribution is -0.128. The van der Waals surface area contributed by atoms with Gasteiger partial charge in [-0.15, -0.1) is 0 Å². The minimum absolute atomic E-state index is 0.296. The first-order valence-electron chi connectivity index (χ1n) is 9.51. The summed E-state index contributed by atoms with van der Waals surface area (Å²) in [5.41, 5.74) is 2.21. The Morgan fingerprint density at radius 3 is 2.40 bits per heavy atom. The van der Waals surface area contributed by atoms with Crippen LogP contribution in [0.25, 0.3) is 10.9 Å². The van der Waals surface area contributed by atoms with Gasteiger partial charge < -0.3 is 14.8 Å². The van der Waals surface area contributed by atoms with Crippen molar-refractivity contribution in [2.24, 2.45) is 0 Å². The number of amides is 1. The van der Waals surface area contributed by atoms with Crippen molar-refractivity contribution in [1.82, 2.24) is 4.98 Å². The predicted molar refractivity (Wildman–Crippen MR) is 119 cm³/mol. The molecule has 4 aromatic rings. The molecule has 1 aromatic heterocycles. The Balaban J connectivity index is 1.50. The van der Waals surface area contributed by atoms with Gasteiger partial charge in [-0.3, -0.25) is 9.78 Å². The zero-order valence-corrected chi connectivity index (χ0v) is 17.4. The molecule has 1 aliphatic rings. The van der Waals surface area contributed by atoms with E-state index in [-0.39, 0.29) is 5.91 Å². The number of nitrogens with zero attached hydrogens (tertiary/aromatic N) is 1. The summed E-state index contributed by atoms with van der Waals surface area (Å²) in [5.74, 6) is 0.860. The fourth-order valence-electron chi connectivity index (χ4n) is 3.54. The summed E-state index contributed by atoms with van der Waals surface area (Å²) in [6.45, 7) is 0. The van der Waals surface area contributed by atoms with Gasteiger partial charge in [-0.1, -0.05) is 58.4 Å². The van der Waals surface area contributed by atoms with E-state index in [1.807, 2.05) is 72.8 Å². The van der Waals surface area contributed by atoms with Crippen molar-refractivity contribution >= 4 is 38.4 Å². The van der Waals surface area contributed by atoms with Crippen LogP contribution in [0.2, 0.25) is 0 Å². The highest BCUT2D eigenvalue weighted by atomic mass is 79.9. The van der Waals surface area contributed by atoms with Crippen LogP contribution in [0.3, 0.4) is 0 Å². The number of pyridine rings is 1. The number of fused-ring (bicyclic) bond motifs is 2. The Hall–Kier alpha value is -3.38. The number of benzene rings is 3. The van der Waals surface area contributed by atoms with Crippen LogP contribution in [0, 0.1) is 0 Å². The van der Waals surface area contributed by atoms with Crippen molar-refractivity contribution in [1.29, 1.82) is 0 Å². The first-order chi connectivity index (χ1) is 14.7. The summed E-state index contributed by atoms with van der Waals surface area (Å²) < 4.78 is 13.3. The fraction of sp³-hybridized carbons (Fsp3) is 0.0833. The number of aromatic nitrogens is 1. The molecular weight excluding hydrogens is 444 g/mol. The molecule has 0 saturated heterocycles. The van der Waals surface area contributed by atoms with Gasteiger partial charge in [0.15, 0.2) is 17.6 Å². The van der Waals surface area contributed by atoms with Crippen molar-refractivity contribution in [3.05, 3.63) is 95.1 Å². The van der Waals surface area contributed by atoms with Crippen LogP contribution < -0.4 is 14.8 Å². The molecule has 1 aliphatic heterocycles. The molecule has 30 heavy (non-hydrogen) atoms. The number of nitrogens with one attached hydrogen (secondary N) is 1. The second-order valence-corrected chi connectivity index (χ2v) is 7.86. The minimum Gasteiger partial charge on any atom is -0.477 e. The number of rotatable bonds is 3. The normalized spacial score (nSPS) is 17.5. The molecule has 1 N–H and O–H groups in total. The SMILES string of the molecule is O=C(Nc1cccc2cccnc12)[C@@H]1Oc2ccccc2O[C@@H]1c1ccc(Br)cc1. The number of carbonyl (C=O) groups is 1. The molecule has 0 radical (unpaired) electrons. The molecule has 0 saturated carbocycles. The van der Waals surface area contributed by atoms with E-state index in [0.29, 0.717) is 17.2 Å². The van der Waals surface area contributed by atoms with Crippen molar-refractivity contribution in [3.8, 4) is 11.5 Å². The van der Waals surface area contributed by atoms with Crippen LogP contribution in [0.1, 0.15) is 11.7 Å². The van der Waals surface area contributed by atoms with Gasteiger partial charge in [-0.2, -0.15) is 0 Å². The van der Waals surface area contributed by atoms with Crippen LogP contribution in [-0.4, -0.2) is 17.0 Å². The van der Waals surface area contributed by atoms with Crippen molar-refractivity contribution < 1.29 is 14.3 Å². The largest absolute Gasteiger partial charge is 0.477 e. The highest BCUT2D eigenvalue weighted by Crippen LogP contribution is 2.40. The highest BCUT2D eigenvalue weighted by Gasteiger charge is 2.38. The molecule has 2 atom stereocenters. The molecule has 5 rings (SSSR count). The molecule has 3 aromatic carbocycles. The van der Waals surface area contributed by atoms with Crippen molar-refractivity contribution in [2.45, 2.75) is 12.2 Å². The van der Waals surface area contributed by atoms with Gasteiger partial charge >= 0.3 is 0 Å². The van der Waals surface area contributed by atoms with Crippen molar-refractivity contribution in [3.63, 3.8) is 0 Å². The summed E-state index contributed by atoms with van der Waals surface area (Å²) in [6.07, 6.45) is 0.259. The summed E-state index contributed by atoms with van der Waals surface area (Å²) in [4.78, 5) is 17.7. The van der Waals surface area contributed by atoms with Crippen LogP contribution in [-0.2, 0) is 4.79 Å². The Morgan fingerprint density at radius 1 is 0.867 bits per heavy atom. The number of anilines is 1. The Bertz CT molecular complexity index is 1220. The number of halogens is 1. The van der Waals surface area contributed by atoms with Crippen LogP contribution in [0.5, 0.6) is 11.5 Å². The summed E-state index contributed by atoms with van der Waals surface area (Å²) >= 11 is 3.45. The lowest BCUT2D eigenvalue weighted by Gasteiger charge is -2.33. The standard InChI is InChI=1S/C24H17BrN2O3/c25-17-12-10-16(11-13-17)22-23(30-20-9-2-1-8-19(20)29-22)24(28)27-18-7-3-5-15-6-4-14-26-21(15)18/h1-14,22-23H,(H,27,28)/t22-,23-/m1/s1. The molecular formula is C24H17BrN2O3. The maximum Gasteiger partial charge on any atom is 0.269 e. The van der Waals surface area contributed by atoms with E-state index in [2.05, 4.69) is 26.2 Å². The zero-order chi connectivity index (χ0) is 20.5. The molecule has 0 fully saturated rings. The maximum atomic E-state index is 13.3. The Labute approximate surface area is 181 Å². The molecule has 6 heteroatoms. The summed E-state index contributed by atoms with van der Waals surface area (Å²) in [5, 5.41) is 3.93. The zero-order valence-electron chi connectivity index (χ0n) is 15.8. The van der Waals surface area contributed by atoms with Gasteiger partial charge in [0.2, 0.25) is 6.10 Å². The highest BCUT2D eigenvalue weighted by molar-refractivity contribution is 9.10. The van der Waals surface area contributed by atoms with Gasteiger partial charge in [0.1, 0.15) is 0 Å². The van der Waals surface area contributed by atoms with E-state index in [1.165, 1.54) is 0 Å². The van der Waals surface area contributed by atoms with Gasteiger partial charge in [-0.05, 0) is 42.0 Å². The van der Waals surface area contributed by atoms with Crippen LogP contribution in [0.4, 0.5) is 5.69 Å². The monoisotopic (exact) mass is 460 g/mol. The van der Waals surface area contributed by atoms with E-state index in [4.69, 9.17) is 9.47 Å². The van der Waals surface area contributed by atoms with Crippen LogP contribution in [0.15, 0.2) is 89.5 Å². The third-order valence-electron chi connectivity index (χ3n) is 4.98. The van der Waals surface area contributed by atoms with Gasteiger partial charge in [0, 0.05) is 16.1 Å². The third-order valence-corrected chi connectivity index (χ3v) is 5.51. The average Bonchev–Trinajstić information content (AvgIpc) is 2.79. The third kappa shape index (κ3) is 3.50. The lowest BCUT2D eigenvalue weighted by atomic mass is 10.0. The number of hydrogen-bond donors (Lipinski definition) is 1. The number of hydrogen-bond acceptors (Lipinski definition) is 4. The van der Waals surface area contributed by atoms with E-state index in [0.717, 1.165) is 20.9 Å². The van der Waals surface area contributed by atoms with Gasteiger partial charge in [0.05, 0.1) is 11.2 Å². The second kappa shape index (κ2) is 7.80. The molecule has 148 valence electrons. The summed E-state index contributed by atoms with van der Waals surface area (Å²) in [7, 11) is 0. The van der Waals surface area contributed by atoms with E-state index >= 15 is 0 Å². The van der Waals surface area contributed by atoms with E-state index < -0.39 is 12.2 Å². The van der Waals surface area contributed by atoms with Crippen LogP contribution >= 0.6 is 15.9 Å². The molecule has 0 unspecified atom stereocenters. The lowest BCUT2D eigenvalue weighted by Crippen LogP contribution is -2.42. The number of para-hydroxylation sites is 3. The first kappa shape index (κ1) is 18.6. The fourth-order valence-corrected chi connectivity index (χ4v) is 3.80. The molecule has 1 amide bonds. The van der Waals surface area contributed by atoms with Gasteiger partial charge in [-0.25, -0.2) is 0 Å². The smallest absolute Gasteiger partial charge is 0.269 e. The molecule has 0 aliphatic carbocycles. The van der Waals surface area contributed by atoms with E-state index in [9.17, 15) is 4.79 Å². The average molecular weight is 461 g/mol. The van der Waals surface area contributed by atoms with E-state index in [1.54, 1.807) is 12.3 Å². The molecule has 5 nitrogen and oxygen atoms in total. The van der Waals surface area contributed by atoms with Gasteiger partial charge in [0.25, 0.3) is 5.91 Å². The maximum absolute atomic E-state index is 13.3. The number of ether oxygens (including phenoxy) is 2.